The lowest BCUT2D eigenvalue weighted by Crippen LogP contribution is -2.36. The van der Waals surface area contributed by atoms with E-state index in [2.05, 4.69) is 15.9 Å². The molecule has 0 heterocycles. The van der Waals surface area contributed by atoms with E-state index in [1.807, 2.05) is 0 Å². The van der Waals surface area contributed by atoms with Gasteiger partial charge in [0.15, 0.2) is 0 Å². The van der Waals surface area contributed by atoms with Crippen molar-refractivity contribution in [2.24, 2.45) is 0 Å². The first-order valence-corrected chi connectivity index (χ1v) is 7.48. The largest absolute Gasteiger partial charge is 0.350 e. The number of sulfonamides is 1. The number of hydrogen-bond acceptors (Lipinski definition) is 2. The van der Waals surface area contributed by atoms with Crippen molar-refractivity contribution in [3.05, 3.63) is 35.9 Å². The predicted molar refractivity (Wildman–Crippen MR) is 65.6 cm³/mol. The molecule has 0 aromatic heterocycles. The molecular weight excluding hydrogens is 316 g/mol. The molecule has 0 radical (unpaired) electrons. The van der Waals surface area contributed by atoms with Gasteiger partial charge in [0.05, 0.1) is 0 Å². The third kappa shape index (κ3) is 4.01. The van der Waals surface area contributed by atoms with E-state index in [1.54, 1.807) is 30.3 Å². The minimum absolute atomic E-state index is 0.0154. The van der Waals surface area contributed by atoms with E-state index in [1.165, 1.54) is 0 Å². The van der Waals surface area contributed by atoms with E-state index in [9.17, 15) is 17.2 Å². The Morgan fingerprint density at radius 3 is 2.29 bits per heavy atom. The van der Waals surface area contributed by atoms with Gasteiger partial charge in [-0.15, -0.1) is 0 Å². The van der Waals surface area contributed by atoms with Gasteiger partial charge >= 0.3 is 5.76 Å². The average molecular weight is 328 g/mol. The van der Waals surface area contributed by atoms with Crippen LogP contribution in [0.3, 0.4) is 0 Å². The Morgan fingerprint density at radius 2 is 1.82 bits per heavy atom. The van der Waals surface area contributed by atoms with Crippen LogP contribution in [0.15, 0.2) is 30.3 Å². The van der Waals surface area contributed by atoms with Gasteiger partial charge in [0, 0.05) is 18.4 Å². The normalized spacial score (nSPS) is 12.3. The number of hydrogen-bond donors (Lipinski definition) is 0. The molecule has 96 valence electrons. The summed E-state index contributed by atoms with van der Waals surface area (Å²) < 4.78 is 48.4. The maximum Gasteiger partial charge on any atom is 0.350 e. The van der Waals surface area contributed by atoms with E-state index < -0.39 is 15.8 Å². The fraction of sp³-hybridized carbons (Fsp3) is 0.400. The zero-order valence-electron chi connectivity index (χ0n) is 8.89. The highest BCUT2D eigenvalue weighted by atomic mass is 79.9. The first-order valence-electron chi connectivity index (χ1n) is 4.85. The summed E-state index contributed by atoms with van der Waals surface area (Å²) >= 11 is 3.05. The van der Waals surface area contributed by atoms with Gasteiger partial charge in [-0.05, 0) is 5.56 Å². The van der Waals surface area contributed by atoms with Crippen molar-refractivity contribution in [1.29, 1.82) is 0 Å². The third-order valence-electron chi connectivity index (χ3n) is 2.12. The number of nitrogens with zero attached hydrogens (tertiary/aromatic N) is 1. The highest BCUT2D eigenvalue weighted by Crippen LogP contribution is 2.15. The summed E-state index contributed by atoms with van der Waals surface area (Å²) in [5.74, 6) is -3.38. The van der Waals surface area contributed by atoms with Crippen molar-refractivity contribution < 1.29 is 17.2 Å². The molecule has 0 saturated carbocycles. The zero-order chi connectivity index (χ0) is 12.9. The predicted octanol–water partition coefficient (Wildman–Crippen LogP) is 2.44. The third-order valence-corrected chi connectivity index (χ3v) is 3.96. The van der Waals surface area contributed by atoms with Crippen LogP contribution in [-0.2, 0) is 16.6 Å². The molecule has 3 nitrogen and oxygen atoms in total. The lowest BCUT2D eigenvalue weighted by Gasteiger charge is -2.20. The second-order valence-corrected chi connectivity index (χ2v) is 6.01. The van der Waals surface area contributed by atoms with Gasteiger partial charge < -0.3 is 0 Å². The molecule has 0 N–H and O–H groups in total. The van der Waals surface area contributed by atoms with Gasteiger partial charge in [0.25, 0.3) is 10.0 Å². The minimum atomic E-state index is -4.53. The molecule has 0 aliphatic heterocycles. The Kier molecular flexibility index (Phi) is 5.48. The molecule has 0 aliphatic rings. The Morgan fingerprint density at radius 1 is 1.24 bits per heavy atom. The number of alkyl halides is 3. The smallest absolute Gasteiger partial charge is 0.206 e. The average Bonchev–Trinajstić information content (AvgIpc) is 2.29. The molecule has 0 unspecified atom stereocenters. The Balaban J connectivity index is 2.88. The molecular formula is C10H12BrF2NO2S. The van der Waals surface area contributed by atoms with Crippen molar-refractivity contribution >= 4 is 26.0 Å². The van der Waals surface area contributed by atoms with Crippen molar-refractivity contribution in [2.75, 3.05) is 11.9 Å². The monoisotopic (exact) mass is 327 g/mol. The van der Waals surface area contributed by atoms with Gasteiger partial charge in [-0.25, -0.2) is 8.42 Å². The second kappa shape index (κ2) is 6.42. The van der Waals surface area contributed by atoms with Crippen molar-refractivity contribution in [3.63, 3.8) is 0 Å². The van der Waals surface area contributed by atoms with Crippen LogP contribution >= 0.6 is 15.9 Å². The Hall–Kier alpha value is -0.530. The highest BCUT2D eigenvalue weighted by molar-refractivity contribution is 9.09. The van der Waals surface area contributed by atoms with E-state index in [0.29, 0.717) is 10.9 Å². The maximum absolute atomic E-state index is 12.4. The van der Waals surface area contributed by atoms with Crippen LogP contribution in [0.4, 0.5) is 8.78 Å². The summed E-state index contributed by atoms with van der Waals surface area (Å²) in [6, 6.07) is 8.64. The summed E-state index contributed by atoms with van der Waals surface area (Å²) in [4.78, 5) is 0. The number of rotatable bonds is 6. The molecule has 0 bridgehead atoms. The van der Waals surface area contributed by atoms with E-state index in [4.69, 9.17) is 0 Å². The molecule has 0 saturated heterocycles. The Bertz CT molecular complexity index is 439. The first kappa shape index (κ1) is 14.5. The molecule has 0 fully saturated rings. The molecule has 0 atom stereocenters. The van der Waals surface area contributed by atoms with Crippen LogP contribution in [0, 0.1) is 0 Å². The molecule has 0 spiro atoms. The van der Waals surface area contributed by atoms with Crippen LogP contribution in [0.5, 0.6) is 0 Å². The van der Waals surface area contributed by atoms with Gasteiger partial charge in [-0.2, -0.15) is 13.1 Å². The molecule has 0 amide bonds. The van der Waals surface area contributed by atoms with Crippen LogP contribution in [0.2, 0.25) is 0 Å². The van der Waals surface area contributed by atoms with Gasteiger partial charge in [-0.3, -0.25) is 0 Å². The van der Waals surface area contributed by atoms with Crippen LogP contribution in [0.1, 0.15) is 5.56 Å². The summed E-state index contributed by atoms with van der Waals surface area (Å²) in [7, 11) is -4.53. The standard InChI is InChI=1S/C10H12BrF2NO2S/c11-6-7-14(17(15,16)10(12)13)8-9-4-2-1-3-5-9/h1-5,10H,6-8H2. The molecule has 1 aromatic rings. The van der Waals surface area contributed by atoms with Gasteiger partial charge in [0.2, 0.25) is 0 Å². The summed E-state index contributed by atoms with van der Waals surface area (Å²) in [5.41, 5.74) is 0.678. The number of halogens is 3. The molecule has 17 heavy (non-hydrogen) atoms. The van der Waals surface area contributed by atoms with Crippen LogP contribution < -0.4 is 0 Å². The lowest BCUT2D eigenvalue weighted by atomic mass is 10.2. The van der Waals surface area contributed by atoms with Crippen molar-refractivity contribution in [2.45, 2.75) is 12.3 Å². The lowest BCUT2D eigenvalue weighted by molar-refractivity contribution is 0.219. The first-order chi connectivity index (χ1) is 7.98. The summed E-state index contributed by atoms with van der Waals surface area (Å²) in [6.45, 7) is -0.0271. The maximum atomic E-state index is 12.4. The molecule has 7 heteroatoms. The summed E-state index contributed by atoms with van der Waals surface area (Å²) in [6.07, 6.45) is 0. The van der Waals surface area contributed by atoms with Gasteiger partial charge in [0.1, 0.15) is 0 Å². The molecule has 1 rings (SSSR count). The quantitative estimate of drug-likeness (QED) is 0.752. The van der Waals surface area contributed by atoms with Crippen molar-refractivity contribution in [3.8, 4) is 0 Å². The highest BCUT2D eigenvalue weighted by Gasteiger charge is 2.31. The topological polar surface area (TPSA) is 37.4 Å². The van der Waals surface area contributed by atoms with Gasteiger partial charge in [-0.1, -0.05) is 46.3 Å². The fourth-order valence-electron chi connectivity index (χ4n) is 1.29. The van der Waals surface area contributed by atoms with Crippen LogP contribution in [0.25, 0.3) is 0 Å². The SMILES string of the molecule is O=S(=O)(C(F)F)N(CCBr)Cc1ccccc1. The second-order valence-electron chi connectivity index (χ2n) is 3.31. The Labute approximate surface area is 108 Å². The number of benzene rings is 1. The molecule has 1 aromatic carbocycles. The van der Waals surface area contributed by atoms with E-state index in [-0.39, 0.29) is 13.1 Å². The fourth-order valence-corrected chi connectivity index (χ4v) is 2.85. The van der Waals surface area contributed by atoms with E-state index in [0.717, 1.165) is 4.31 Å². The molecule has 0 aliphatic carbocycles. The summed E-state index contributed by atoms with van der Waals surface area (Å²) in [5, 5.41) is 0.311. The van der Waals surface area contributed by atoms with Crippen LogP contribution in [-0.4, -0.2) is 30.4 Å². The zero-order valence-corrected chi connectivity index (χ0v) is 11.3. The minimum Gasteiger partial charge on any atom is -0.206 e. The van der Waals surface area contributed by atoms with Crippen molar-refractivity contribution in [1.82, 2.24) is 4.31 Å². The van der Waals surface area contributed by atoms with E-state index >= 15 is 0 Å².